The number of nitro benzene ring substituents is 1. The van der Waals surface area contributed by atoms with E-state index in [0.717, 1.165) is 11.4 Å². The lowest BCUT2D eigenvalue weighted by Gasteiger charge is -2.18. The van der Waals surface area contributed by atoms with Gasteiger partial charge in [0.25, 0.3) is 5.69 Å². The molecule has 1 unspecified atom stereocenters. The highest BCUT2D eigenvalue weighted by molar-refractivity contribution is 7.10. The zero-order valence-corrected chi connectivity index (χ0v) is 11.6. The van der Waals surface area contributed by atoms with Gasteiger partial charge in [-0.2, -0.15) is 0 Å². The van der Waals surface area contributed by atoms with E-state index < -0.39 is 10.5 Å². The first-order valence-electron chi connectivity index (χ1n) is 5.94. The fraction of sp³-hybridized carbons (Fsp3) is 0.308. The number of rotatable bonds is 4. The van der Waals surface area contributed by atoms with Gasteiger partial charge >= 0.3 is 0 Å². The summed E-state index contributed by atoms with van der Waals surface area (Å²) in [5.74, 6) is 0. The van der Waals surface area contributed by atoms with Crippen molar-refractivity contribution in [1.29, 1.82) is 0 Å². The molecular weight excluding hydrogens is 262 g/mol. The Labute approximate surface area is 115 Å². The lowest BCUT2D eigenvalue weighted by atomic mass is 10.0. The van der Waals surface area contributed by atoms with Crippen LogP contribution in [0.4, 0.5) is 5.69 Å². The van der Waals surface area contributed by atoms with Crippen molar-refractivity contribution in [2.45, 2.75) is 25.8 Å². The molecule has 5 nitrogen and oxygen atoms in total. The standard InChI is InChI=1S/C13H15N3O2S/c1-3-13(2,14)12-15-10(8-19-12)9-6-4-5-7-11(9)16(17)18/h4-8H,3,14H2,1-2H3. The molecule has 0 saturated carbocycles. The van der Waals surface area contributed by atoms with E-state index in [1.807, 2.05) is 19.2 Å². The molecule has 0 spiro atoms. The van der Waals surface area contributed by atoms with Crippen molar-refractivity contribution < 1.29 is 4.92 Å². The van der Waals surface area contributed by atoms with Crippen molar-refractivity contribution in [3.05, 3.63) is 44.8 Å². The molecule has 0 fully saturated rings. The van der Waals surface area contributed by atoms with Gasteiger partial charge in [0.05, 0.1) is 21.7 Å². The highest BCUT2D eigenvalue weighted by atomic mass is 32.1. The number of nitro groups is 1. The van der Waals surface area contributed by atoms with E-state index in [-0.39, 0.29) is 5.69 Å². The third kappa shape index (κ3) is 2.64. The van der Waals surface area contributed by atoms with Crippen LogP contribution in [0.5, 0.6) is 0 Å². The summed E-state index contributed by atoms with van der Waals surface area (Å²) in [5, 5.41) is 13.6. The molecule has 0 radical (unpaired) electrons. The van der Waals surface area contributed by atoms with E-state index in [2.05, 4.69) is 4.98 Å². The van der Waals surface area contributed by atoms with Gasteiger partial charge in [0.15, 0.2) is 0 Å². The minimum absolute atomic E-state index is 0.0644. The fourth-order valence-electron chi connectivity index (χ4n) is 1.66. The maximum absolute atomic E-state index is 11.0. The molecule has 0 aliphatic rings. The Hall–Kier alpha value is -1.79. The Kier molecular flexibility index (Phi) is 3.64. The summed E-state index contributed by atoms with van der Waals surface area (Å²) in [6, 6.07) is 6.60. The maximum atomic E-state index is 11.0. The SMILES string of the molecule is CCC(C)(N)c1nc(-c2ccccc2[N+](=O)[O-])cs1. The van der Waals surface area contributed by atoms with Crippen molar-refractivity contribution >= 4 is 17.0 Å². The molecule has 2 rings (SSSR count). The van der Waals surface area contributed by atoms with Gasteiger partial charge < -0.3 is 5.73 Å². The van der Waals surface area contributed by atoms with E-state index in [1.54, 1.807) is 18.2 Å². The first kappa shape index (κ1) is 13.6. The van der Waals surface area contributed by atoms with Gasteiger partial charge in [0, 0.05) is 11.4 Å². The lowest BCUT2D eigenvalue weighted by Crippen LogP contribution is -2.31. The van der Waals surface area contributed by atoms with Crippen molar-refractivity contribution in [3.63, 3.8) is 0 Å². The summed E-state index contributed by atoms with van der Waals surface area (Å²) in [6.07, 6.45) is 0.761. The predicted octanol–water partition coefficient (Wildman–Crippen LogP) is 3.30. The van der Waals surface area contributed by atoms with Crippen LogP contribution in [0.3, 0.4) is 0 Å². The number of para-hydroxylation sites is 1. The Morgan fingerprint density at radius 3 is 2.79 bits per heavy atom. The first-order chi connectivity index (χ1) is 8.95. The number of hydrogen-bond acceptors (Lipinski definition) is 5. The third-order valence-corrected chi connectivity index (χ3v) is 4.23. The second-order valence-corrected chi connectivity index (χ2v) is 5.44. The van der Waals surface area contributed by atoms with Crippen molar-refractivity contribution in [2.75, 3.05) is 0 Å². The van der Waals surface area contributed by atoms with Crippen molar-refractivity contribution in [1.82, 2.24) is 4.98 Å². The summed E-state index contributed by atoms with van der Waals surface area (Å²) < 4.78 is 0. The van der Waals surface area contributed by atoms with Crippen LogP contribution in [0.15, 0.2) is 29.6 Å². The molecule has 0 bridgehead atoms. The fourth-order valence-corrected chi connectivity index (χ4v) is 2.63. The summed E-state index contributed by atoms with van der Waals surface area (Å²) >= 11 is 1.44. The van der Waals surface area contributed by atoms with Crippen LogP contribution >= 0.6 is 11.3 Å². The smallest absolute Gasteiger partial charge is 0.278 e. The minimum Gasteiger partial charge on any atom is -0.320 e. The number of benzene rings is 1. The molecular formula is C13H15N3O2S. The lowest BCUT2D eigenvalue weighted by molar-refractivity contribution is -0.384. The van der Waals surface area contributed by atoms with Gasteiger partial charge in [-0.05, 0) is 19.4 Å². The molecule has 0 saturated heterocycles. The van der Waals surface area contributed by atoms with Gasteiger partial charge in [0.2, 0.25) is 0 Å². The van der Waals surface area contributed by atoms with Crippen LogP contribution in [0.2, 0.25) is 0 Å². The number of nitrogens with zero attached hydrogens (tertiary/aromatic N) is 2. The second kappa shape index (κ2) is 5.07. The van der Waals surface area contributed by atoms with E-state index >= 15 is 0 Å². The van der Waals surface area contributed by atoms with Crippen molar-refractivity contribution in [2.24, 2.45) is 5.73 Å². The molecule has 6 heteroatoms. The number of thiazole rings is 1. The molecule has 1 aromatic heterocycles. The van der Waals surface area contributed by atoms with Gasteiger partial charge in [-0.1, -0.05) is 19.1 Å². The molecule has 2 N–H and O–H groups in total. The van der Waals surface area contributed by atoms with Crippen LogP contribution in [0, 0.1) is 10.1 Å². The number of hydrogen-bond donors (Lipinski definition) is 1. The van der Waals surface area contributed by atoms with Gasteiger partial charge in [0.1, 0.15) is 5.01 Å². The van der Waals surface area contributed by atoms with Crippen molar-refractivity contribution in [3.8, 4) is 11.3 Å². The average Bonchev–Trinajstić information content (AvgIpc) is 2.89. The number of nitrogens with two attached hydrogens (primary N) is 1. The van der Waals surface area contributed by atoms with Crippen LogP contribution < -0.4 is 5.73 Å². The zero-order chi connectivity index (χ0) is 14.0. The highest BCUT2D eigenvalue weighted by Crippen LogP contribution is 2.33. The average molecular weight is 277 g/mol. The zero-order valence-electron chi connectivity index (χ0n) is 10.8. The first-order valence-corrected chi connectivity index (χ1v) is 6.82. The Bertz CT molecular complexity index is 607. The van der Waals surface area contributed by atoms with Crippen LogP contribution in [-0.4, -0.2) is 9.91 Å². The molecule has 1 atom stereocenters. The topological polar surface area (TPSA) is 82.0 Å². The summed E-state index contributed by atoms with van der Waals surface area (Å²) in [5.41, 5.74) is 6.85. The molecule has 19 heavy (non-hydrogen) atoms. The van der Waals surface area contributed by atoms with E-state index in [1.165, 1.54) is 17.4 Å². The van der Waals surface area contributed by atoms with Gasteiger partial charge in [-0.3, -0.25) is 10.1 Å². The Morgan fingerprint density at radius 2 is 2.16 bits per heavy atom. The predicted molar refractivity (Wildman–Crippen MR) is 76.0 cm³/mol. The van der Waals surface area contributed by atoms with Crippen LogP contribution in [0.25, 0.3) is 11.3 Å². The van der Waals surface area contributed by atoms with E-state index in [9.17, 15) is 10.1 Å². The normalized spacial score (nSPS) is 14.1. The van der Waals surface area contributed by atoms with E-state index in [4.69, 9.17) is 5.73 Å². The monoisotopic (exact) mass is 277 g/mol. The highest BCUT2D eigenvalue weighted by Gasteiger charge is 2.24. The molecule has 0 aliphatic carbocycles. The van der Waals surface area contributed by atoms with Crippen LogP contribution in [0.1, 0.15) is 25.3 Å². The van der Waals surface area contributed by atoms with E-state index in [0.29, 0.717) is 11.3 Å². The summed E-state index contributed by atoms with van der Waals surface area (Å²) in [6.45, 7) is 3.90. The minimum atomic E-state index is -0.494. The second-order valence-electron chi connectivity index (χ2n) is 4.58. The Morgan fingerprint density at radius 1 is 1.47 bits per heavy atom. The molecule has 0 aliphatic heterocycles. The third-order valence-electron chi connectivity index (χ3n) is 3.10. The maximum Gasteiger partial charge on any atom is 0.278 e. The number of aromatic nitrogens is 1. The molecule has 100 valence electrons. The van der Waals surface area contributed by atoms with Crippen LogP contribution in [-0.2, 0) is 5.54 Å². The summed E-state index contributed by atoms with van der Waals surface area (Å²) in [4.78, 5) is 15.1. The molecule has 1 aromatic carbocycles. The molecule has 2 aromatic rings. The summed E-state index contributed by atoms with van der Waals surface area (Å²) in [7, 11) is 0. The molecule has 0 amide bonds. The molecule has 1 heterocycles. The van der Waals surface area contributed by atoms with Gasteiger partial charge in [-0.25, -0.2) is 4.98 Å². The quantitative estimate of drug-likeness (QED) is 0.686. The Balaban J connectivity index is 2.47. The van der Waals surface area contributed by atoms with Gasteiger partial charge in [-0.15, -0.1) is 11.3 Å². The largest absolute Gasteiger partial charge is 0.320 e.